The van der Waals surface area contributed by atoms with Gasteiger partial charge in [-0.3, -0.25) is 4.79 Å². The monoisotopic (exact) mass is 361 g/mol. The van der Waals surface area contributed by atoms with Gasteiger partial charge in [-0.2, -0.15) is 0 Å². The molecule has 5 aliphatic rings. The molecule has 0 saturated heterocycles. The van der Waals surface area contributed by atoms with Crippen molar-refractivity contribution < 1.29 is 19.7 Å². The van der Waals surface area contributed by atoms with Gasteiger partial charge in [0.05, 0.1) is 12.2 Å². The maximum Gasteiger partial charge on any atom is 0.246 e. The Labute approximate surface area is 155 Å². The lowest BCUT2D eigenvalue weighted by Gasteiger charge is -2.62. The second kappa shape index (κ2) is 5.12. The molecule has 2 bridgehead atoms. The summed E-state index contributed by atoms with van der Waals surface area (Å²) in [7, 11) is 1.70. The van der Waals surface area contributed by atoms with Crippen LogP contribution in [0.1, 0.15) is 58.3 Å². The highest BCUT2D eigenvalue weighted by Crippen LogP contribution is 2.72. The van der Waals surface area contributed by atoms with Gasteiger partial charge in [0.1, 0.15) is 0 Å². The summed E-state index contributed by atoms with van der Waals surface area (Å²) >= 11 is 0. The molecule has 1 amide bonds. The summed E-state index contributed by atoms with van der Waals surface area (Å²) in [4.78, 5) is 12.2. The molecule has 4 aliphatic carbocycles. The van der Waals surface area contributed by atoms with Crippen LogP contribution in [0.25, 0.3) is 0 Å². The standard InChI is InChI=1S/C21H31NO4/c1-18-7-8-21(26-2)15(9-17(24)22-21)14(18)5-6-19-10-13(3-4-16(18)19)20(25,11-19)12-23/h9,13-14,16,23,25H,3-8,10-12H2,1-2H3,(H,22,24)/t13-,14-,16-,18-,19+,20+,21+/m1/s1. The topological polar surface area (TPSA) is 78.8 Å². The SMILES string of the molecule is CO[C@@]12CC[C@]3(C)[C@H](CC[C@@]45C[C@@H](CC[C@@H]43)[C@@](O)(CO)C5)C1=CC(=O)N2. The number of fused-ring (bicyclic) bond motifs is 5. The number of aliphatic hydroxyl groups is 2. The van der Waals surface area contributed by atoms with E-state index >= 15 is 0 Å². The minimum absolute atomic E-state index is 0.0226. The van der Waals surface area contributed by atoms with Crippen molar-refractivity contribution in [3.63, 3.8) is 0 Å². The molecule has 4 saturated carbocycles. The lowest BCUT2D eigenvalue weighted by Crippen LogP contribution is -2.59. The van der Waals surface area contributed by atoms with Gasteiger partial charge in [-0.05, 0) is 85.5 Å². The molecule has 5 nitrogen and oxygen atoms in total. The third-order valence-electron chi connectivity index (χ3n) is 9.23. The van der Waals surface area contributed by atoms with Gasteiger partial charge in [-0.1, -0.05) is 6.92 Å². The summed E-state index contributed by atoms with van der Waals surface area (Å²) in [6, 6.07) is 0. The summed E-state index contributed by atoms with van der Waals surface area (Å²) in [5.74, 6) is 1.15. The number of carbonyl (C=O) groups excluding carboxylic acids is 1. The molecule has 0 aromatic rings. The molecule has 5 heteroatoms. The van der Waals surface area contributed by atoms with Crippen molar-refractivity contribution in [3.8, 4) is 0 Å². The highest BCUT2D eigenvalue weighted by Gasteiger charge is 2.68. The van der Waals surface area contributed by atoms with Crippen molar-refractivity contribution in [2.24, 2.45) is 28.6 Å². The van der Waals surface area contributed by atoms with Crippen LogP contribution in [0.5, 0.6) is 0 Å². The summed E-state index contributed by atoms with van der Waals surface area (Å²) in [6.45, 7) is 2.31. The zero-order valence-electron chi connectivity index (χ0n) is 15.9. The van der Waals surface area contributed by atoms with E-state index < -0.39 is 11.3 Å². The average molecular weight is 361 g/mol. The molecular formula is C21H31NO4. The second-order valence-electron chi connectivity index (χ2n) is 10.0. The van der Waals surface area contributed by atoms with E-state index in [0.717, 1.165) is 56.9 Å². The Kier molecular flexibility index (Phi) is 3.39. The van der Waals surface area contributed by atoms with Crippen LogP contribution < -0.4 is 5.32 Å². The van der Waals surface area contributed by atoms with Crippen LogP contribution in [0.15, 0.2) is 11.6 Å². The van der Waals surface area contributed by atoms with Crippen LogP contribution in [0.3, 0.4) is 0 Å². The first-order valence-electron chi connectivity index (χ1n) is 10.2. The number of carbonyl (C=O) groups is 1. The lowest BCUT2D eigenvalue weighted by atomic mass is 9.43. The molecular weight excluding hydrogens is 330 g/mol. The smallest absolute Gasteiger partial charge is 0.246 e. The molecule has 1 spiro atoms. The Morgan fingerprint density at radius 1 is 1.27 bits per heavy atom. The van der Waals surface area contributed by atoms with E-state index in [1.54, 1.807) is 13.2 Å². The van der Waals surface area contributed by atoms with Crippen molar-refractivity contribution in [3.05, 3.63) is 11.6 Å². The number of hydrogen-bond acceptors (Lipinski definition) is 4. The van der Waals surface area contributed by atoms with E-state index in [-0.39, 0.29) is 29.3 Å². The zero-order valence-corrected chi connectivity index (χ0v) is 15.9. The van der Waals surface area contributed by atoms with Crippen molar-refractivity contribution in [2.45, 2.75) is 69.6 Å². The molecule has 144 valence electrons. The second-order valence-corrected chi connectivity index (χ2v) is 10.0. The van der Waals surface area contributed by atoms with E-state index in [1.807, 2.05) is 0 Å². The molecule has 7 atom stereocenters. The van der Waals surface area contributed by atoms with E-state index in [1.165, 1.54) is 0 Å². The van der Waals surface area contributed by atoms with E-state index in [9.17, 15) is 15.0 Å². The van der Waals surface area contributed by atoms with Crippen LogP contribution in [-0.2, 0) is 9.53 Å². The molecule has 26 heavy (non-hydrogen) atoms. The fraction of sp³-hybridized carbons (Fsp3) is 0.857. The van der Waals surface area contributed by atoms with Gasteiger partial charge in [0.2, 0.25) is 5.91 Å². The fourth-order valence-electron chi connectivity index (χ4n) is 8.13. The molecule has 1 aliphatic heterocycles. The van der Waals surface area contributed by atoms with Crippen molar-refractivity contribution in [1.82, 2.24) is 5.32 Å². The predicted molar refractivity (Wildman–Crippen MR) is 95.9 cm³/mol. The third kappa shape index (κ3) is 1.90. The first-order valence-corrected chi connectivity index (χ1v) is 10.2. The highest BCUT2D eigenvalue weighted by molar-refractivity contribution is 5.92. The Morgan fingerprint density at radius 3 is 2.81 bits per heavy atom. The quantitative estimate of drug-likeness (QED) is 0.704. The third-order valence-corrected chi connectivity index (χ3v) is 9.23. The van der Waals surface area contributed by atoms with E-state index in [2.05, 4.69) is 12.2 Å². The Bertz CT molecular complexity index is 691. The molecule has 4 fully saturated rings. The Morgan fingerprint density at radius 2 is 2.08 bits per heavy atom. The van der Waals surface area contributed by atoms with Crippen molar-refractivity contribution >= 4 is 5.91 Å². The van der Waals surface area contributed by atoms with Crippen LogP contribution in [0.2, 0.25) is 0 Å². The van der Waals surface area contributed by atoms with Gasteiger partial charge >= 0.3 is 0 Å². The summed E-state index contributed by atoms with van der Waals surface area (Å²) < 4.78 is 5.84. The first kappa shape index (κ1) is 17.2. The maximum atomic E-state index is 12.2. The van der Waals surface area contributed by atoms with E-state index in [0.29, 0.717) is 11.8 Å². The number of nitrogens with one attached hydrogen (secondary N) is 1. The fourth-order valence-corrected chi connectivity index (χ4v) is 8.13. The van der Waals surface area contributed by atoms with Gasteiger partial charge in [-0.15, -0.1) is 0 Å². The molecule has 0 radical (unpaired) electrons. The molecule has 0 aromatic heterocycles. The summed E-state index contributed by atoms with van der Waals surface area (Å²) in [5.41, 5.74) is -0.0112. The van der Waals surface area contributed by atoms with Crippen molar-refractivity contribution in [2.75, 3.05) is 13.7 Å². The number of methoxy groups -OCH3 is 1. The maximum absolute atomic E-state index is 12.2. The van der Waals surface area contributed by atoms with Gasteiger partial charge in [0.15, 0.2) is 5.72 Å². The highest BCUT2D eigenvalue weighted by atomic mass is 16.5. The number of amides is 1. The van der Waals surface area contributed by atoms with Gasteiger partial charge in [0.25, 0.3) is 0 Å². The lowest BCUT2D eigenvalue weighted by molar-refractivity contribution is -0.138. The summed E-state index contributed by atoms with van der Waals surface area (Å²) in [6.07, 6.45) is 9.75. The number of hydrogen-bond donors (Lipinski definition) is 3. The van der Waals surface area contributed by atoms with Gasteiger partial charge in [0, 0.05) is 13.2 Å². The number of rotatable bonds is 2. The molecule has 1 heterocycles. The zero-order chi connectivity index (χ0) is 18.4. The van der Waals surface area contributed by atoms with Gasteiger partial charge in [-0.25, -0.2) is 0 Å². The minimum Gasteiger partial charge on any atom is -0.393 e. The van der Waals surface area contributed by atoms with Crippen LogP contribution in [0.4, 0.5) is 0 Å². The number of ether oxygens (including phenoxy) is 1. The van der Waals surface area contributed by atoms with Gasteiger partial charge < -0.3 is 20.3 Å². The summed E-state index contributed by atoms with van der Waals surface area (Å²) in [5, 5.41) is 23.9. The Balaban J connectivity index is 1.54. The Hall–Kier alpha value is -0.910. The molecule has 0 aromatic carbocycles. The normalized spacial score (nSPS) is 54.8. The van der Waals surface area contributed by atoms with Crippen LogP contribution in [-0.4, -0.2) is 41.2 Å². The van der Waals surface area contributed by atoms with Crippen molar-refractivity contribution in [1.29, 1.82) is 0 Å². The van der Waals surface area contributed by atoms with Crippen LogP contribution in [0, 0.1) is 28.6 Å². The minimum atomic E-state index is -0.882. The predicted octanol–water partition coefficient (Wildman–Crippen LogP) is 2.13. The molecule has 3 N–H and O–H groups in total. The van der Waals surface area contributed by atoms with Crippen LogP contribution >= 0.6 is 0 Å². The first-order chi connectivity index (χ1) is 12.3. The molecule has 5 rings (SSSR count). The van der Waals surface area contributed by atoms with E-state index in [4.69, 9.17) is 4.74 Å². The molecule has 0 unspecified atom stereocenters. The average Bonchev–Trinajstić information content (AvgIpc) is 3.07. The number of aliphatic hydroxyl groups excluding tert-OH is 1. The largest absolute Gasteiger partial charge is 0.393 e.